The van der Waals surface area contributed by atoms with E-state index >= 15 is 0 Å². The second-order valence-electron chi connectivity index (χ2n) is 10.4. The zero-order valence-corrected chi connectivity index (χ0v) is 30.3. The predicted octanol–water partition coefficient (Wildman–Crippen LogP) is 10.7. The highest BCUT2D eigenvalue weighted by Crippen LogP contribution is 2.75. The average Bonchev–Trinajstić information content (AvgIpc) is 2.89. The van der Waals surface area contributed by atoms with Gasteiger partial charge in [-0.2, -0.15) is 0 Å². The molecule has 0 heterocycles. The molecular weight excluding hydrogens is 608 g/mol. The molecule has 0 N–H and O–H groups in total. The highest BCUT2D eigenvalue weighted by molar-refractivity contribution is 7.88. The maximum Gasteiger partial charge on any atom is 0.338 e. The van der Waals surface area contributed by atoms with Gasteiger partial charge in [0.25, 0.3) is 0 Å². The Balaban J connectivity index is 6.51. The first-order chi connectivity index (χ1) is 19.5. The quantitative estimate of drug-likeness (QED) is 0.0539. The van der Waals surface area contributed by atoms with Gasteiger partial charge >= 0.3 is 22.8 Å². The van der Waals surface area contributed by atoms with E-state index in [2.05, 4.69) is 0 Å². The van der Waals surface area contributed by atoms with Gasteiger partial charge in [-0.25, -0.2) is 0 Å². The molecule has 0 aromatic carbocycles. The van der Waals surface area contributed by atoms with Gasteiger partial charge in [0.15, 0.2) is 0 Å². The van der Waals surface area contributed by atoms with E-state index in [1.807, 2.05) is 41.5 Å². The molecule has 0 unspecified atom stereocenters. The number of rotatable bonds is 30. The molecule has 0 rings (SSSR count). The van der Waals surface area contributed by atoms with Crippen molar-refractivity contribution in [3.8, 4) is 0 Å². The normalized spacial score (nSPS) is 13.2. The second-order valence-corrected chi connectivity index (χ2v) is 21.2. The lowest BCUT2D eigenvalue weighted by Gasteiger charge is -2.29. The van der Waals surface area contributed by atoms with Gasteiger partial charge in [0.05, 0.1) is 39.6 Å². The highest BCUT2D eigenvalue weighted by Gasteiger charge is 2.47. The molecule has 0 aliphatic carbocycles. The van der Waals surface area contributed by atoms with Crippen molar-refractivity contribution in [3.05, 3.63) is 0 Å². The van der Waals surface area contributed by atoms with Crippen molar-refractivity contribution in [2.75, 3.05) is 57.4 Å². The van der Waals surface area contributed by atoms with Crippen molar-refractivity contribution in [2.45, 2.75) is 119 Å². The Hall–Kier alpha value is 0.680. The molecule has 0 aliphatic heterocycles. The van der Waals surface area contributed by atoms with Gasteiger partial charge in [0.1, 0.15) is 24.9 Å². The molecule has 0 amide bonds. The fraction of sp³-hybridized carbons (Fsp3) is 1.00. The second kappa shape index (κ2) is 24.0. The summed E-state index contributed by atoms with van der Waals surface area (Å²) in [6.07, 6.45) is 8.71. The minimum atomic E-state index is -3.93. The van der Waals surface area contributed by atoms with Crippen LogP contribution in [-0.2, 0) is 45.4 Å². The van der Waals surface area contributed by atoms with Gasteiger partial charge in [0.2, 0.25) is 0 Å². The van der Waals surface area contributed by atoms with Crippen LogP contribution in [0.3, 0.4) is 0 Å². The van der Waals surface area contributed by atoms with E-state index in [1.54, 1.807) is 0 Å². The van der Waals surface area contributed by atoms with Crippen molar-refractivity contribution in [2.24, 2.45) is 0 Å². The third kappa shape index (κ3) is 20.4. The highest BCUT2D eigenvalue weighted by atomic mass is 31.3. The van der Waals surface area contributed by atoms with E-state index in [0.717, 1.165) is 38.5 Å². The molecule has 0 saturated heterocycles. The summed E-state index contributed by atoms with van der Waals surface area (Å²) in [5.74, 6) is -1.61. The minimum absolute atomic E-state index is 0.162. The Labute approximate surface area is 251 Å². The molecule has 0 radical (unpaired) electrons. The molecule has 0 aliphatic rings. The molecule has 0 aromatic rings. The van der Waals surface area contributed by atoms with Crippen LogP contribution >= 0.6 is 29.9 Å². The van der Waals surface area contributed by atoms with E-state index < -0.39 is 47.6 Å². The zero-order valence-electron chi connectivity index (χ0n) is 26.7. The Morgan fingerprint density at radius 1 is 0.341 bits per heavy atom. The fourth-order valence-corrected chi connectivity index (χ4v) is 19.2. The first kappa shape index (κ1) is 41.7. The lowest BCUT2D eigenvalue weighted by atomic mass is 10.4. The minimum Gasteiger partial charge on any atom is -0.322 e. The Kier molecular flexibility index (Phi) is 24.4. The van der Waals surface area contributed by atoms with Crippen LogP contribution in [0.15, 0.2) is 0 Å². The molecule has 0 atom stereocenters. The first-order valence-electron chi connectivity index (χ1n) is 15.7. The number of hydrogen-bond acceptors (Lipinski definition) is 10. The summed E-state index contributed by atoms with van der Waals surface area (Å²) in [6.45, 7) is 12.8. The third-order valence-electron chi connectivity index (χ3n) is 6.01. The maximum atomic E-state index is 14.9. The van der Waals surface area contributed by atoms with Crippen LogP contribution in [0.1, 0.15) is 119 Å². The summed E-state index contributed by atoms with van der Waals surface area (Å²) < 4.78 is 91.5. The molecule has 0 fully saturated rings. The van der Waals surface area contributed by atoms with Gasteiger partial charge in [-0.15, -0.1) is 0 Å². The van der Waals surface area contributed by atoms with Crippen LogP contribution in [0.25, 0.3) is 0 Å². The van der Waals surface area contributed by atoms with Gasteiger partial charge in [-0.1, -0.05) is 80.1 Å². The molecule has 0 saturated carbocycles. The van der Waals surface area contributed by atoms with Crippen molar-refractivity contribution in [1.29, 1.82) is 0 Å². The molecule has 41 heavy (non-hydrogen) atoms. The Morgan fingerprint density at radius 3 is 0.659 bits per heavy atom. The van der Waals surface area contributed by atoms with Crippen LogP contribution in [-0.4, -0.2) is 57.4 Å². The third-order valence-corrected chi connectivity index (χ3v) is 19.8. The van der Waals surface area contributed by atoms with E-state index in [9.17, 15) is 18.3 Å². The van der Waals surface area contributed by atoms with Crippen LogP contribution in [0, 0.1) is 0 Å². The largest absolute Gasteiger partial charge is 0.338 e. The lowest BCUT2D eigenvalue weighted by Crippen LogP contribution is -2.12. The molecule has 10 nitrogen and oxygen atoms in total. The van der Waals surface area contributed by atoms with Crippen LogP contribution in [0.2, 0.25) is 0 Å². The SMILES string of the molecule is CCCCOP(=O)(CP(=O)(CP(=O)(OCCCC)OCCCC)CP(=O)(OCCCC)OCCCC)OCCCC. The van der Waals surface area contributed by atoms with E-state index in [4.69, 9.17) is 27.1 Å². The topological polar surface area (TPSA) is 124 Å². The van der Waals surface area contributed by atoms with Crippen LogP contribution in [0.5, 0.6) is 0 Å². The van der Waals surface area contributed by atoms with Gasteiger partial charge in [-0.05, 0) is 38.5 Å². The maximum absolute atomic E-state index is 14.9. The van der Waals surface area contributed by atoms with Crippen molar-refractivity contribution < 1.29 is 45.4 Å². The standard InChI is InChI=1S/C27H60O10P4/c1-7-13-19-32-39(29,33-20-14-8-2)25-38(28,26-40(30,34-21-15-9-3)35-22-16-10-4)27-41(31,36-23-17-11-5)37-24-18-12-6/h7-27H2,1-6H3. The van der Waals surface area contributed by atoms with Gasteiger partial charge in [0, 0.05) is 0 Å². The number of unbranched alkanes of at least 4 members (excludes halogenated alkanes) is 6. The molecular formula is C27H60O10P4. The summed E-state index contributed by atoms with van der Waals surface area (Å²) in [4.78, 5) is 0. The summed E-state index contributed by atoms with van der Waals surface area (Å²) in [5.41, 5.74) is 0. The molecule has 0 aromatic heterocycles. The van der Waals surface area contributed by atoms with Crippen LogP contribution in [0.4, 0.5) is 0 Å². The van der Waals surface area contributed by atoms with Crippen molar-refractivity contribution in [3.63, 3.8) is 0 Å². The summed E-state index contributed by atoms with van der Waals surface area (Å²) >= 11 is 0. The van der Waals surface area contributed by atoms with E-state index in [0.29, 0.717) is 38.5 Å². The summed E-state index contributed by atoms with van der Waals surface area (Å²) in [7, 11) is -15.7. The smallest absolute Gasteiger partial charge is 0.322 e. The van der Waals surface area contributed by atoms with Crippen molar-refractivity contribution >= 4 is 29.9 Å². The molecule has 248 valence electrons. The Bertz CT molecular complexity index is 692. The van der Waals surface area contributed by atoms with Crippen LogP contribution < -0.4 is 0 Å². The van der Waals surface area contributed by atoms with Crippen molar-refractivity contribution in [1.82, 2.24) is 0 Å². The lowest BCUT2D eigenvalue weighted by molar-refractivity contribution is 0.202. The van der Waals surface area contributed by atoms with Gasteiger partial charge in [-0.3, -0.25) is 13.7 Å². The molecule has 0 bridgehead atoms. The predicted molar refractivity (Wildman–Crippen MR) is 170 cm³/mol. The van der Waals surface area contributed by atoms with E-state index in [-0.39, 0.29) is 39.6 Å². The average molecular weight is 669 g/mol. The summed E-state index contributed by atoms with van der Waals surface area (Å²) in [5, 5.41) is 0. The monoisotopic (exact) mass is 668 g/mol. The van der Waals surface area contributed by atoms with E-state index in [1.165, 1.54) is 0 Å². The first-order valence-corrected chi connectivity index (χ1v) is 23.1. The zero-order chi connectivity index (χ0) is 31.1. The molecule has 0 spiro atoms. The fourth-order valence-electron chi connectivity index (χ4n) is 3.53. The summed E-state index contributed by atoms with van der Waals surface area (Å²) in [6, 6.07) is 0. The van der Waals surface area contributed by atoms with Gasteiger partial charge < -0.3 is 31.7 Å². The molecule has 14 heteroatoms. The Morgan fingerprint density at radius 2 is 0.512 bits per heavy atom. The number of hydrogen-bond donors (Lipinski definition) is 0.